The van der Waals surface area contributed by atoms with Gasteiger partial charge in [-0.25, -0.2) is 0 Å². The van der Waals surface area contributed by atoms with E-state index in [4.69, 9.17) is 9.47 Å². The molecule has 5 rings (SSSR count). The molecule has 0 fully saturated rings. The number of hydrogen-bond acceptors (Lipinski definition) is 4. The molecule has 1 amide bonds. The van der Waals surface area contributed by atoms with E-state index in [0.29, 0.717) is 17.9 Å². The zero-order valence-electron chi connectivity index (χ0n) is 16.8. The highest BCUT2D eigenvalue weighted by atomic mass is 32.1. The van der Waals surface area contributed by atoms with Crippen LogP contribution in [0.2, 0.25) is 0 Å². The zero-order chi connectivity index (χ0) is 20.7. The fourth-order valence-electron chi connectivity index (χ4n) is 4.32. The molecule has 30 heavy (non-hydrogen) atoms. The van der Waals surface area contributed by atoms with Gasteiger partial charge in [-0.15, -0.1) is 11.3 Å². The predicted octanol–water partition coefficient (Wildman–Crippen LogP) is 5.03. The second kappa shape index (κ2) is 7.54. The Kier molecular flexibility index (Phi) is 4.71. The minimum atomic E-state index is -0.158. The highest BCUT2D eigenvalue weighted by Gasteiger charge is 2.35. The maximum Gasteiger partial charge on any atom is 0.256 e. The van der Waals surface area contributed by atoms with Gasteiger partial charge in [0.1, 0.15) is 0 Å². The van der Waals surface area contributed by atoms with Crippen molar-refractivity contribution < 1.29 is 14.3 Å². The lowest BCUT2D eigenvalue weighted by Gasteiger charge is -2.37. The average molecular weight is 419 g/mol. The monoisotopic (exact) mass is 418 g/mol. The van der Waals surface area contributed by atoms with E-state index in [-0.39, 0.29) is 11.9 Å². The summed E-state index contributed by atoms with van der Waals surface area (Å²) in [6, 6.07) is 16.0. The molecular formula is C24H22N2O3S. The van der Waals surface area contributed by atoms with Crippen LogP contribution in [-0.2, 0) is 6.42 Å². The number of aromatic amines is 1. The van der Waals surface area contributed by atoms with Gasteiger partial charge in [-0.3, -0.25) is 4.79 Å². The minimum absolute atomic E-state index is 0.0336. The van der Waals surface area contributed by atoms with Gasteiger partial charge in [0.15, 0.2) is 11.5 Å². The summed E-state index contributed by atoms with van der Waals surface area (Å²) in [7, 11) is 3.29. The van der Waals surface area contributed by atoms with Crippen molar-refractivity contribution in [2.24, 2.45) is 0 Å². The predicted molar refractivity (Wildman–Crippen MR) is 119 cm³/mol. The fourth-order valence-corrected chi connectivity index (χ4v) is 5.18. The van der Waals surface area contributed by atoms with Crippen molar-refractivity contribution in [1.29, 1.82) is 0 Å². The lowest BCUT2D eigenvalue weighted by atomic mass is 9.90. The molecule has 5 nitrogen and oxygen atoms in total. The standard InChI is InChI=1S/C24H22N2O3S/c1-28-20-12-15-9-10-26(24(27)18-14-25-19-7-4-3-6-16(18)19)23(22-8-5-11-30-22)17(15)13-21(20)29-2/h3-8,11-14,23,25H,9-10H2,1-2H3. The third-order valence-electron chi connectivity index (χ3n) is 5.77. The number of rotatable bonds is 4. The molecule has 1 N–H and O–H groups in total. The van der Waals surface area contributed by atoms with Crippen LogP contribution in [0.25, 0.3) is 10.9 Å². The highest BCUT2D eigenvalue weighted by molar-refractivity contribution is 7.10. The van der Waals surface area contributed by atoms with Gasteiger partial charge in [0.25, 0.3) is 5.91 Å². The molecule has 0 bridgehead atoms. The summed E-state index contributed by atoms with van der Waals surface area (Å²) in [4.78, 5) is 20.1. The first kappa shape index (κ1) is 18.8. The molecule has 152 valence electrons. The normalized spacial score (nSPS) is 15.8. The highest BCUT2D eigenvalue weighted by Crippen LogP contribution is 2.43. The van der Waals surface area contributed by atoms with Crippen LogP contribution >= 0.6 is 11.3 Å². The molecule has 3 heterocycles. The van der Waals surface area contributed by atoms with Gasteiger partial charge in [-0.05, 0) is 47.2 Å². The Balaban J connectivity index is 1.63. The maximum absolute atomic E-state index is 13.7. The van der Waals surface area contributed by atoms with E-state index in [1.54, 1.807) is 25.6 Å². The number of para-hydroxylation sites is 1. The quantitative estimate of drug-likeness (QED) is 0.505. The largest absolute Gasteiger partial charge is 0.493 e. The number of ether oxygens (including phenoxy) is 2. The lowest BCUT2D eigenvalue weighted by molar-refractivity contribution is 0.0699. The van der Waals surface area contributed by atoms with Gasteiger partial charge >= 0.3 is 0 Å². The number of carbonyl (C=O) groups is 1. The number of methoxy groups -OCH3 is 2. The summed E-state index contributed by atoms with van der Waals surface area (Å²) >= 11 is 1.66. The molecule has 0 aliphatic carbocycles. The van der Waals surface area contributed by atoms with Crippen LogP contribution in [0.15, 0.2) is 60.1 Å². The van der Waals surface area contributed by atoms with Crippen LogP contribution in [0.3, 0.4) is 0 Å². The number of H-pyrrole nitrogens is 1. The fraction of sp³-hybridized carbons (Fsp3) is 0.208. The Labute approximate surface area is 178 Å². The number of amides is 1. The van der Waals surface area contributed by atoms with E-state index in [9.17, 15) is 4.79 Å². The van der Waals surface area contributed by atoms with Gasteiger partial charge < -0.3 is 19.4 Å². The summed E-state index contributed by atoms with van der Waals surface area (Å²) in [6.45, 7) is 0.642. The Morgan fingerprint density at radius 3 is 2.67 bits per heavy atom. The molecule has 0 spiro atoms. The molecule has 1 aliphatic rings. The molecule has 4 aromatic rings. The first-order chi connectivity index (χ1) is 14.7. The van der Waals surface area contributed by atoms with Crippen molar-refractivity contribution in [3.8, 4) is 11.5 Å². The lowest BCUT2D eigenvalue weighted by Crippen LogP contribution is -2.40. The second-order valence-corrected chi connectivity index (χ2v) is 8.30. The number of benzene rings is 2. The number of fused-ring (bicyclic) bond motifs is 2. The smallest absolute Gasteiger partial charge is 0.256 e. The Bertz CT molecular complexity index is 1210. The number of hydrogen-bond donors (Lipinski definition) is 1. The molecule has 2 aromatic heterocycles. The van der Waals surface area contributed by atoms with E-state index in [1.807, 2.05) is 53.6 Å². The molecule has 6 heteroatoms. The van der Waals surface area contributed by atoms with E-state index in [1.165, 1.54) is 5.56 Å². The molecular weight excluding hydrogens is 396 g/mol. The number of thiophene rings is 1. The van der Waals surface area contributed by atoms with E-state index < -0.39 is 0 Å². The molecule has 0 saturated carbocycles. The molecule has 1 unspecified atom stereocenters. The molecule has 0 radical (unpaired) electrons. The Hall–Kier alpha value is -3.25. The van der Waals surface area contributed by atoms with Crippen molar-refractivity contribution in [3.63, 3.8) is 0 Å². The van der Waals surface area contributed by atoms with E-state index in [2.05, 4.69) is 16.4 Å². The van der Waals surface area contributed by atoms with Crippen molar-refractivity contribution in [2.75, 3.05) is 20.8 Å². The third-order valence-corrected chi connectivity index (χ3v) is 6.69. The summed E-state index contributed by atoms with van der Waals surface area (Å²) in [6.07, 6.45) is 2.59. The number of carbonyl (C=O) groups excluding carboxylic acids is 1. The summed E-state index contributed by atoms with van der Waals surface area (Å²) in [5.41, 5.74) is 3.96. The van der Waals surface area contributed by atoms with Crippen molar-refractivity contribution in [3.05, 3.63) is 81.7 Å². The Morgan fingerprint density at radius 1 is 1.10 bits per heavy atom. The van der Waals surface area contributed by atoms with E-state index in [0.717, 1.165) is 33.5 Å². The van der Waals surface area contributed by atoms with Gasteiger partial charge in [-0.2, -0.15) is 0 Å². The van der Waals surface area contributed by atoms with Gasteiger partial charge in [0.05, 0.1) is 25.8 Å². The first-order valence-electron chi connectivity index (χ1n) is 9.86. The SMILES string of the molecule is COc1cc2c(cc1OC)C(c1cccs1)N(C(=O)c1c[nH]c3ccccc13)CC2. The van der Waals surface area contributed by atoms with Gasteiger partial charge in [0.2, 0.25) is 0 Å². The summed E-state index contributed by atoms with van der Waals surface area (Å²) < 4.78 is 11.1. The van der Waals surface area contributed by atoms with Crippen molar-refractivity contribution >= 4 is 28.1 Å². The minimum Gasteiger partial charge on any atom is -0.493 e. The topological polar surface area (TPSA) is 54.6 Å². The van der Waals surface area contributed by atoms with Crippen molar-refractivity contribution in [1.82, 2.24) is 9.88 Å². The summed E-state index contributed by atoms with van der Waals surface area (Å²) in [5.74, 6) is 1.43. The maximum atomic E-state index is 13.7. The molecule has 1 aliphatic heterocycles. The first-order valence-corrected chi connectivity index (χ1v) is 10.7. The Morgan fingerprint density at radius 2 is 1.90 bits per heavy atom. The summed E-state index contributed by atoms with van der Waals surface area (Å²) in [5, 5.41) is 3.00. The molecule has 2 aromatic carbocycles. The van der Waals surface area contributed by atoms with Gasteiger partial charge in [0, 0.05) is 28.5 Å². The average Bonchev–Trinajstić information content (AvgIpc) is 3.47. The van der Waals surface area contributed by atoms with Crippen LogP contribution in [0.4, 0.5) is 0 Å². The third kappa shape index (κ3) is 2.95. The second-order valence-electron chi connectivity index (χ2n) is 7.32. The number of aromatic nitrogens is 1. The van der Waals surface area contributed by atoms with Crippen LogP contribution < -0.4 is 9.47 Å². The van der Waals surface area contributed by atoms with Crippen LogP contribution in [0, 0.1) is 0 Å². The zero-order valence-corrected chi connectivity index (χ0v) is 17.7. The van der Waals surface area contributed by atoms with Crippen LogP contribution in [0.5, 0.6) is 11.5 Å². The van der Waals surface area contributed by atoms with Crippen LogP contribution in [0.1, 0.15) is 32.4 Å². The van der Waals surface area contributed by atoms with E-state index >= 15 is 0 Å². The number of nitrogens with zero attached hydrogens (tertiary/aromatic N) is 1. The number of nitrogens with one attached hydrogen (secondary N) is 1. The van der Waals surface area contributed by atoms with Crippen LogP contribution in [-0.4, -0.2) is 36.6 Å². The molecule has 1 atom stereocenters. The van der Waals surface area contributed by atoms with Gasteiger partial charge in [-0.1, -0.05) is 24.3 Å². The van der Waals surface area contributed by atoms with Crippen molar-refractivity contribution in [2.45, 2.75) is 12.5 Å². The molecule has 0 saturated heterocycles.